The van der Waals surface area contributed by atoms with Gasteiger partial charge in [-0.05, 0) is 74.0 Å². The summed E-state index contributed by atoms with van der Waals surface area (Å²) in [5.41, 5.74) is 3.27. The van der Waals surface area contributed by atoms with Gasteiger partial charge < -0.3 is 15.1 Å². The summed E-state index contributed by atoms with van der Waals surface area (Å²) >= 11 is 0. The maximum Gasteiger partial charge on any atom is 0.112 e. The molecule has 1 saturated heterocycles. The van der Waals surface area contributed by atoms with E-state index in [-0.39, 0.29) is 16.9 Å². The third-order valence-corrected chi connectivity index (χ3v) is 9.45. The van der Waals surface area contributed by atoms with Crippen LogP contribution in [-0.2, 0) is 0 Å². The Labute approximate surface area is 164 Å². The van der Waals surface area contributed by atoms with Gasteiger partial charge in [0.25, 0.3) is 0 Å². The SMILES string of the molecule is C[C@H]1C=C2C[C@@H](O)CC[C@]2(C)[C@H]2CC[C@]3(C)C(N4CCCC4)=C(O)C[C@H]3[C@H]12. The van der Waals surface area contributed by atoms with Crippen molar-refractivity contribution >= 4 is 0 Å². The monoisotopic (exact) mass is 371 g/mol. The van der Waals surface area contributed by atoms with Gasteiger partial charge in [0.2, 0.25) is 0 Å². The van der Waals surface area contributed by atoms with E-state index in [4.69, 9.17) is 0 Å². The van der Waals surface area contributed by atoms with E-state index in [2.05, 4.69) is 31.7 Å². The largest absolute Gasteiger partial charge is 0.510 e. The molecule has 1 aliphatic heterocycles. The number of aliphatic hydroxyl groups is 2. The molecule has 3 fully saturated rings. The smallest absolute Gasteiger partial charge is 0.112 e. The Hall–Kier alpha value is -0.960. The van der Waals surface area contributed by atoms with Crippen LogP contribution in [0.2, 0.25) is 0 Å². The summed E-state index contributed by atoms with van der Waals surface area (Å²) in [7, 11) is 0. The van der Waals surface area contributed by atoms with Gasteiger partial charge >= 0.3 is 0 Å². The van der Waals surface area contributed by atoms with Crippen LogP contribution in [0, 0.1) is 34.5 Å². The summed E-state index contributed by atoms with van der Waals surface area (Å²) in [4.78, 5) is 2.52. The average Bonchev–Trinajstić information content (AvgIpc) is 3.21. The Kier molecular flexibility index (Phi) is 4.03. The van der Waals surface area contributed by atoms with Crippen LogP contribution in [0.1, 0.15) is 72.1 Å². The zero-order valence-electron chi connectivity index (χ0n) is 17.4. The number of nitrogens with zero attached hydrogens (tertiary/aromatic N) is 1. The predicted octanol–water partition coefficient (Wildman–Crippen LogP) is 5.03. The maximum absolute atomic E-state index is 11.0. The highest BCUT2D eigenvalue weighted by Crippen LogP contribution is 2.67. The van der Waals surface area contributed by atoms with Gasteiger partial charge in [0, 0.05) is 24.9 Å². The van der Waals surface area contributed by atoms with Gasteiger partial charge in [0.15, 0.2) is 0 Å². The van der Waals surface area contributed by atoms with Gasteiger partial charge in [-0.2, -0.15) is 0 Å². The fourth-order valence-electron chi connectivity index (χ4n) is 8.12. The molecular weight excluding hydrogens is 334 g/mol. The van der Waals surface area contributed by atoms with E-state index in [1.807, 2.05) is 0 Å². The molecule has 0 aromatic rings. The second kappa shape index (κ2) is 6.02. The summed E-state index contributed by atoms with van der Waals surface area (Å²) in [6, 6.07) is 0. The molecule has 0 radical (unpaired) electrons. The highest BCUT2D eigenvalue weighted by molar-refractivity contribution is 5.32. The zero-order valence-corrected chi connectivity index (χ0v) is 17.4. The molecular formula is C24H37NO2. The fraction of sp³-hybridized carbons (Fsp3) is 0.833. The number of hydrogen-bond acceptors (Lipinski definition) is 3. The number of likely N-dealkylation sites (tertiary alicyclic amines) is 1. The fourth-order valence-corrected chi connectivity index (χ4v) is 8.12. The van der Waals surface area contributed by atoms with Crippen LogP contribution in [0.3, 0.4) is 0 Å². The van der Waals surface area contributed by atoms with E-state index in [1.54, 1.807) is 0 Å². The molecule has 0 amide bonds. The van der Waals surface area contributed by atoms with Gasteiger partial charge in [0.05, 0.1) is 11.8 Å². The molecule has 3 heteroatoms. The third-order valence-electron chi connectivity index (χ3n) is 9.45. The second-order valence-corrected chi connectivity index (χ2v) is 10.8. The zero-order chi connectivity index (χ0) is 19.0. The Morgan fingerprint density at radius 1 is 1.00 bits per heavy atom. The Morgan fingerprint density at radius 2 is 1.70 bits per heavy atom. The van der Waals surface area contributed by atoms with Crippen molar-refractivity contribution in [2.75, 3.05) is 13.1 Å². The normalized spacial score (nSPS) is 49.6. The minimum Gasteiger partial charge on any atom is -0.510 e. The first-order valence-electron chi connectivity index (χ1n) is 11.4. The van der Waals surface area contributed by atoms with Crippen LogP contribution in [0.5, 0.6) is 0 Å². The molecule has 5 rings (SSSR count). The van der Waals surface area contributed by atoms with E-state index < -0.39 is 0 Å². The van der Waals surface area contributed by atoms with Crippen LogP contribution in [0.25, 0.3) is 0 Å². The van der Waals surface area contributed by atoms with Crippen molar-refractivity contribution in [2.45, 2.75) is 78.2 Å². The van der Waals surface area contributed by atoms with E-state index in [1.165, 1.54) is 37.0 Å². The molecule has 0 spiro atoms. The maximum atomic E-state index is 11.0. The van der Waals surface area contributed by atoms with Crippen LogP contribution in [-0.4, -0.2) is 34.3 Å². The van der Waals surface area contributed by atoms with E-state index in [9.17, 15) is 10.2 Å². The van der Waals surface area contributed by atoms with Crippen LogP contribution in [0.4, 0.5) is 0 Å². The predicted molar refractivity (Wildman–Crippen MR) is 108 cm³/mol. The lowest BCUT2D eigenvalue weighted by Gasteiger charge is -2.59. The van der Waals surface area contributed by atoms with Crippen molar-refractivity contribution in [3.63, 3.8) is 0 Å². The van der Waals surface area contributed by atoms with Crippen molar-refractivity contribution in [1.29, 1.82) is 0 Å². The lowest BCUT2D eigenvalue weighted by molar-refractivity contribution is -0.0536. The lowest BCUT2D eigenvalue weighted by Crippen LogP contribution is -2.53. The number of aliphatic hydroxyl groups excluding tert-OH is 2. The minimum atomic E-state index is -0.138. The van der Waals surface area contributed by atoms with Gasteiger partial charge in [-0.25, -0.2) is 0 Å². The van der Waals surface area contributed by atoms with Gasteiger partial charge in [-0.3, -0.25) is 0 Å². The quantitative estimate of drug-likeness (QED) is 0.635. The summed E-state index contributed by atoms with van der Waals surface area (Å²) in [5, 5.41) is 21.3. The number of rotatable bonds is 1. The molecule has 2 saturated carbocycles. The summed E-state index contributed by atoms with van der Waals surface area (Å²) in [6.07, 6.45) is 11.3. The molecule has 0 aromatic carbocycles. The number of allylic oxidation sites excluding steroid dienone is 3. The first kappa shape index (κ1) is 18.1. The van der Waals surface area contributed by atoms with Crippen LogP contribution >= 0.6 is 0 Å². The molecule has 7 atom stereocenters. The van der Waals surface area contributed by atoms with Gasteiger partial charge in [0.1, 0.15) is 5.76 Å². The standard InChI is InChI=1S/C24H37NO2/c1-15-12-16-13-17(26)6-8-23(16,2)18-7-9-24(3)19(21(15)18)14-20(27)22(24)25-10-4-5-11-25/h12,15,17-19,21,26-27H,4-11,13-14H2,1-3H3/t15-,17-,18-,19-,21+,23-,24-/m0/s1. The molecule has 3 nitrogen and oxygen atoms in total. The minimum absolute atomic E-state index is 0.138. The summed E-state index contributed by atoms with van der Waals surface area (Å²) in [6.45, 7) is 9.61. The molecule has 0 bridgehead atoms. The molecule has 27 heavy (non-hydrogen) atoms. The molecule has 0 aromatic heterocycles. The molecule has 4 aliphatic carbocycles. The summed E-state index contributed by atoms with van der Waals surface area (Å²) < 4.78 is 0. The Bertz CT molecular complexity index is 690. The Morgan fingerprint density at radius 3 is 2.44 bits per heavy atom. The van der Waals surface area contributed by atoms with Crippen molar-refractivity contribution in [3.05, 3.63) is 23.1 Å². The highest BCUT2D eigenvalue weighted by Gasteiger charge is 2.60. The van der Waals surface area contributed by atoms with Crippen molar-refractivity contribution < 1.29 is 10.2 Å². The van der Waals surface area contributed by atoms with Crippen molar-refractivity contribution in [2.24, 2.45) is 34.5 Å². The first-order valence-corrected chi connectivity index (χ1v) is 11.4. The molecule has 1 heterocycles. The number of fused-ring (bicyclic) bond motifs is 5. The van der Waals surface area contributed by atoms with Crippen LogP contribution < -0.4 is 0 Å². The van der Waals surface area contributed by atoms with Crippen LogP contribution in [0.15, 0.2) is 23.1 Å². The van der Waals surface area contributed by atoms with Gasteiger partial charge in [-0.15, -0.1) is 0 Å². The molecule has 2 N–H and O–H groups in total. The highest BCUT2D eigenvalue weighted by atomic mass is 16.3. The van der Waals surface area contributed by atoms with E-state index >= 15 is 0 Å². The topological polar surface area (TPSA) is 43.7 Å². The average molecular weight is 372 g/mol. The Balaban J connectivity index is 1.51. The molecule has 0 unspecified atom stereocenters. The van der Waals surface area contributed by atoms with E-state index in [0.717, 1.165) is 38.8 Å². The molecule has 5 aliphatic rings. The van der Waals surface area contributed by atoms with Crippen molar-refractivity contribution in [3.8, 4) is 0 Å². The summed E-state index contributed by atoms with van der Waals surface area (Å²) in [5.74, 6) is 3.21. The number of hydrogen-bond donors (Lipinski definition) is 2. The lowest BCUT2D eigenvalue weighted by atomic mass is 9.46. The van der Waals surface area contributed by atoms with E-state index in [0.29, 0.717) is 29.4 Å². The molecule has 150 valence electrons. The third kappa shape index (κ3) is 2.42. The second-order valence-electron chi connectivity index (χ2n) is 10.8. The van der Waals surface area contributed by atoms with Gasteiger partial charge in [-0.1, -0.05) is 32.4 Å². The van der Waals surface area contributed by atoms with Crippen molar-refractivity contribution in [1.82, 2.24) is 4.90 Å². The first-order chi connectivity index (χ1) is 12.8.